The lowest BCUT2D eigenvalue weighted by Crippen LogP contribution is -2.15. The van der Waals surface area contributed by atoms with Crippen molar-refractivity contribution in [3.8, 4) is 5.75 Å². The summed E-state index contributed by atoms with van der Waals surface area (Å²) in [7, 11) is 0. The van der Waals surface area contributed by atoms with Gasteiger partial charge in [-0.2, -0.15) is 0 Å². The summed E-state index contributed by atoms with van der Waals surface area (Å²) in [6.45, 7) is 4.92. The molecule has 0 aliphatic carbocycles. The Hall–Kier alpha value is -3.68. The first-order valence-corrected chi connectivity index (χ1v) is 16.4. The van der Waals surface area contributed by atoms with E-state index >= 15 is 0 Å². The van der Waals surface area contributed by atoms with Crippen LogP contribution in [0.15, 0.2) is 91.0 Å². The fraction of sp³-hybridized carbons (Fsp3) is 0.474. The van der Waals surface area contributed by atoms with Gasteiger partial charge in [-0.15, -0.1) is 0 Å². The molecule has 0 saturated carbocycles. The molecule has 7 heteroatoms. The Kier molecular flexibility index (Phi) is 29.1. The van der Waals surface area contributed by atoms with Crippen LogP contribution in [0.25, 0.3) is 0 Å². The number of esters is 2. The molecule has 250 valence electrons. The van der Waals surface area contributed by atoms with Crippen molar-refractivity contribution in [3.63, 3.8) is 0 Å². The number of aromatic hydroxyl groups is 1. The van der Waals surface area contributed by atoms with Crippen molar-refractivity contribution in [2.24, 2.45) is 0 Å². The van der Waals surface area contributed by atoms with E-state index in [0.29, 0.717) is 30.1 Å². The summed E-state index contributed by atoms with van der Waals surface area (Å²) in [6, 6.07) is 27.5. The number of benzene rings is 3. The monoisotopic (exact) mass is 624 g/mol. The van der Waals surface area contributed by atoms with E-state index in [1.54, 1.807) is 48.5 Å². The lowest BCUT2D eigenvalue weighted by atomic mass is 10.1. The summed E-state index contributed by atoms with van der Waals surface area (Å²) >= 11 is 0. The quantitative estimate of drug-likeness (QED) is 0.102. The third-order valence-corrected chi connectivity index (χ3v) is 6.35. The fourth-order valence-electron chi connectivity index (χ4n) is 3.90. The summed E-state index contributed by atoms with van der Waals surface area (Å²) in [5.74, 6) is -0.566. The van der Waals surface area contributed by atoms with Gasteiger partial charge >= 0.3 is 11.9 Å². The van der Waals surface area contributed by atoms with Crippen LogP contribution >= 0.6 is 0 Å². The first kappa shape index (κ1) is 41.3. The number of aliphatic hydroxyl groups excluding tert-OH is 2. The molecular weight excluding hydrogens is 568 g/mol. The summed E-state index contributed by atoms with van der Waals surface area (Å²) in [6.07, 6.45) is 13.6. The van der Waals surface area contributed by atoms with Crippen LogP contribution in [0.2, 0.25) is 0 Å². The van der Waals surface area contributed by atoms with E-state index in [1.165, 1.54) is 51.4 Å². The number of unbranched alkanes of at least 4 members (excludes halogenated alkanes) is 10. The summed E-state index contributed by atoms with van der Waals surface area (Å²) in [4.78, 5) is 24.7. The van der Waals surface area contributed by atoms with E-state index in [4.69, 9.17) is 24.8 Å². The lowest BCUT2D eigenvalue weighted by molar-refractivity contribution is 0.0450. The molecule has 3 aromatic carbocycles. The van der Waals surface area contributed by atoms with Crippen LogP contribution in [0.4, 0.5) is 0 Å². The number of para-hydroxylation sites is 1. The predicted molar refractivity (Wildman–Crippen MR) is 182 cm³/mol. The van der Waals surface area contributed by atoms with Crippen molar-refractivity contribution >= 4 is 11.9 Å². The highest BCUT2D eigenvalue weighted by Crippen LogP contribution is 2.14. The second kappa shape index (κ2) is 31.7. The third-order valence-electron chi connectivity index (χ3n) is 6.35. The Morgan fingerprint density at radius 3 is 1.11 bits per heavy atom. The number of phenolic OH excluding ortho intramolecular Hbond substituents is 1. The molecule has 0 fully saturated rings. The number of carbonyl (C=O) groups excluding carboxylic acids is 2. The molecule has 0 bridgehead atoms. The molecule has 0 heterocycles. The van der Waals surface area contributed by atoms with Crippen LogP contribution in [0, 0.1) is 0 Å². The van der Waals surface area contributed by atoms with Crippen LogP contribution in [0.1, 0.15) is 112 Å². The zero-order chi connectivity index (χ0) is 33.2. The van der Waals surface area contributed by atoms with Crippen molar-refractivity contribution in [1.82, 2.24) is 0 Å². The number of carbonyl (C=O) groups is 2. The molecule has 0 radical (unpaired) electrons. The van der Waals surface area contributed by atoms with Crippen LogP contribution in [-0.2, 0) is 9.47 Å². The highest BCUT2D eigenvalue weighted by atomic mass is 16.5. The average Bonchev–Trinajstić information content (AvgIpc) is 3.09. The third kappa shape index (κ3) is 25.4. The van der Waals surface area contributed by atoms with Crippen molar-refractivity contribution in [2.45, 2.75) is 90.9 Å². The molecule has 0 unspecified atom stereocenters. The summed E-state index contributed by atoms with van der Waals surface area (Å²) in [5, 5.41) is 23.9. The van der Waals surface area contributed by atoms with Gasteiger partial charge in [0.25, 0.3) is 0 Å². The Morgan fingerprint density at radius 1 is 0.489 bits per heavy atom. The molecule has 0 aromatic heterocycles. The number of phenols is 1. The summed E-state index contributed by atoms with van der Waals surface area (Å²) in [5.41, 5.74) is 0.586. The molecule has 0 saturated heterocycles. The molecule has 0 amide bonds. The number of hydrogen-bond acceptors (Lipinski definition) is 7. The second-order valence-electron chi connectivity index (χ2n) is 10.3. The number of ether oxygens (including phenoxy) is 2. The first-order chi connectivity index (χ1) is 22.0. The van der Waals surface area contributed by atoms with E-state index < -0.39 is 11.9 Å². The molecule has 3 aromatic rings. The molecule has 0 spiro atoms. The minimum Gasteiger partial charge on any atom is -0.508 e. The lowest BCUT2D eigenvalue weighted by Gasteiger charge is -2.10. The molecule has 3 N–H and O–H groups in total. The van der Waals surface area contributed by atoms with E-state index in [1.807, 2.05) is 42.5 Å². The Morgan fingerprint density at radius 2 is 0.800 bits per heavy atom. The van der Waals surface area contributed by atoms with Gasteiger partial charge in [-0.05, 0) is 37.1 Å². The largest absolute Gasteiger partial charge is 0.508 e. The normalized spacial score (nSPS) is 9.69. The van der Waals surface area contributed by atoms with Gasteiger partial charge in [-0.1, -0.05) is 145 Å². The zero-order valence-corrected chi connectivity index (χ0v) is 27.4. The molecular formula is C38H56O7. The maximum Gasteiger partial charge on any atom is 0.339 e. The van der Waals surface area contributed by atoms with Crippen molar-refractivity contribution < 1.29 is 34.4 Å². The first-order valence-electron chi connectivity index (χ1n) is 16.4. The predicted octanol–water partition coefficient (Wildman–Crippen LogP) is 8.77. The molecule has 45 heavy (non-hydrogen) atoms. The van der Waals surface area contributed by atoms with Gasteiger partial charge in [0.15, 0.2) is 0 Å². The standard InChI is InChI=1S/C24H38O4.C6H6O.C6H6.C2H6O2/c1-3-5-7-9-11-15-19-27-23(25)21-17-13-14-18-22(21)24(26)28-20-16-12-10-8-6-4-2;7-6-4-2-1-3-5-6;1-2-4-6-5-3-1;3-1-2-4/h13-14,17-18H,3-12,15-16,19-20H2,1-2H3;1-5,7H;1-6H;3-4H,1-2H2. The van der Waals surface area contributed by atoms with Crippen molar-refractivity contribution in [3.05, 3.63) is 102 Å². The number of hydrogen-bond donors (Lipinski definition) is 3. The number of aliphatic hydroxyl groups is 2. The zero-order valence-electron chi connectivity index (χ0n) is 27.4. The maximum atomic E-state index is 12.4. The van der Waals surface area contributed by atoms with Gasteiger partial charge in [0, 0.05) is 0 Å². The molecule has 3 rings (SSSR count). The minimum absolute atomic E-state index is 0.125. The smallest absolute Gasteiger partial charge is 0.339 e. The van der Waals surface area contributed by atoms with Gasteiger partial charge < -0.3 is 24.8 Å². The van der Waals surface area contributed by atoms with Crippen LogP contribution in [-0.4, -0.2) is 53.7 Å². The number of rotatable bonds is 17. The van der Waals surface area contributed by atoms with Gasteiger partial charge in [0.05, 0.1) is 37.6 Å². The van der Waals surface area contributed by atoms with Crippen LogP contribution in [0.3, 0.4) is 0 Å². The maximum absolute atomic E-state index is 12.4. The second-order valence-corrected chi connectivity index (χ2v) is 10.3. The van der Waals surface area contributed by atoms with Crippen molar-refractivity contribution in [2.75, 3.05) is 26.4 Å². The highest BCUT2D eigenvalue weighted by Gasteiger charge is 2.18. The molecule has 0 aliphatic heterocycles. The molecule has 7 nitrogen and oxygen atoms in total. The van der Waals surface area contributed by atoms with Gasteiger partial charge in [-0.3, -0.25) is 0 Å². The average molecular weight is 625 g/mol. The fourth-order valence-corrected chi connectivity index (χ4v) is 3.90. The molecule has 0 aliphatic rings. The molecule has 0 atom stereocenters. The van der Waals surface area contributed by atoms with Crippen LogP contribution in [0.5, 0.6) is 5.75 Å². The van der Waals surface area contributed by atoms with Gasteiger partial charge in [-0.25, -0.2) is 9.59 Å². The Labute approximate surface area is 271 Å². The highest BCUT2D eigenvalue weighted by molar-refractivity contribution is 6.03. The topological polar surface area (TPSA) is 113 Å². The van der Waals surface area contributed by atoms with Gasteiger partial charge in [0.1, 0.15) is 5.75 Å². The van der Waals surface area contributed by atoms with Crippen LogP contribution < -0.4 is 0 Å². The van der Waals surface area contributed by atoms with E-state index in [2.05, 4.69) is 13.8 Å². The Balaban J connectivity index is 0.000000906. The van der Waals surface area contributed by atoms with E-state index in [9.17, 15) is 9.59 Å². The van der Waals surface area contributed by atoms with E-state index in [0.717, 1.165) is 25.7 Å². The van der Waals surface area contributed by atoms with E-state index in [-0.39, 0.29) is 13.2 Å². The minimum atomic E-state index is -0.444. The Bertz CT molecular complexity index is 980. The van der Waals surface area contributed by atoms with Crippen molar-refractivity contribution in [1.29, 1.82) is 0 Å². The van der Waals surface area contributed by atoms with Gasteiger partial charge in [0.2, 0.25) is 0 Å². The summed E-state index contributed by atoms with van der Waals surface area (Å²) < 4.78 is 10.7. The SMILES string of the molecule is CCCCCCCCOC(=O)c1ccccc1C(=O)OCCCCCCCC.OCCO.Oc1ccccc1.c1ccccc1.